The van der Waals surface area contributed by atoms with E-state index >= 15 is 0 Å². The van der Waals surface area contributed by atoms with Gasteiger partial charge in [0.05, 0.1) is 12.2 Å². The molecule has 3 N–H and O–H groups in total. The topological polar surface area (TPSA) is 92.5 Å². The summed E-state index contributed by atoms with van der Waals surface area (Å²) in [7, 11) is -3.75. The van der Waals surface area contributed by atoms with Crippen LogP contribution in [0.2, 0.25) is 5.02 Å². The monoisotopic (exact) mass is 289 g/mol. The molecule has 0 unspecified atom stereocenters. The lowest BCUT2D eigenvalue weighted by Crippen LogP contribution is -2.49. The summed E-state index contributed by atoms with van der Waals surface area (Å²) in [5.74, 6) is -0.322. The zero-order valence-electron chi connectivity index (χ0n) is 9.39. The number of nitrogens with one attached hydrogen (secondary N) is 1. The van der Waals surface area contributed by atoms with E-state index in [2.05, 4.69) is 5.32 Å². The fourth-order valence-electron chi connectivity index (χ4n) is 1.71. The van der Waals surface area contributed by atoms with E-state index in [0.717, 1.165) is 4.31 Å². The first-order chi connectivity index (χ1) is 8.41. The molecule has 0 saturated carbocycles. The van der Waals surface area contributed by atoms with E-state index in [1.54, 1.807) is 0 Å². The van der Waals surface area contributed by atoms with Crippen molar-refractivity contribution in [2.75, 3.05) is 25.4 Å². The maximum Gasteiger partial charge on any atom is 0.245 e. The molecule has 1 aromatic rings. The molecule has 18 heavy (non-hydrogen) atoms. The predicted octanol–water partition coefficient (Wildman–Crippen LogP) is 0.0427. The Hall–Kier alpha value is -1.31. The Morgan fingerprint density at radius 2 is 2.11 bits per heavy atom. The minimum atomic E-state index is -3.75. The van der Waals surface area contributed by atoms with Gasteiger partial charge in [-0.05, 0) is 18.2 Å². The van der Waals surface area contributed by atoms with Gasteiger partial charge >= 0.3 is 0 Å². The van der Waals surface area contributed by atoms with Gasteiger partial charge in [-0.2, -0.15) is 4.31 Å². The van der Waals surface area contributed by atoms with Crippen LogP contribution in [0.4, 0.5) is 5.69 Å². The van der Waals surface area contributed by atoms with E-state index < -0.39 is 10.0 Å². The quantitative estimate of drug-likeness (QED) is 0.752. The van der Waals surface area contributed by atoms with Crippen molar-refractivity contribution in [3.8, 4) is 0 Å². The Bertz CT molecular complexity index is 588. The maximum atomic E-state index is 12.3. The third-order valence-corrected chi connectivity index (χ3v) is 4.75. The Morgan fingerprint density at radius 1 is 1.39 bits per heavy atom. The lowest BCUT2D eigenvalue weighted by Gasteiger charge is -2.26. The zero-order valence-corrected chi connectivity index (χ0v) is 11.0. The second-order valence-corrected chi connectivity index (χ2v) is 6.21. The number of rotatable bonds is 2. The lowest BCUT2D eigenvalue weighted by atomic mass is 10.3. The van der Waals surface area contributed by atoms with Gasteiger partial charge in [0.2, 0.25) is 15.9 Å². The number of nitrogens with zero attached hydrogens (tertiary/aromatic N) is 1. The SMILES string of the molecule is Nc1cc(Cl)ccc1S(=O)(=O)N1CCNC(=O)C1. The van der Waals surface area contributed by atoms with Crippen molar-refractivity contribution >= 4 is 33.2 Å². The first-order valence-corrected chi connectivity index (χ1v) is 7.05. The van der Waals surface area contributed by atoms with E-state index in [9.17, 15) is 13.2 Å². The van der Waals surface area contributed by atoms with Gasteiger partial charge in [0.15, 0.2) is 0 Å². The summed E-state index contributed by atoms with van der Waals surface area (Å²) in [6.07, 6.45) is 0. The molecule has 0 bridgehead atoms. The first kappa shape index (κ1) is 13.1. The normalized spacial score (nSPS) is 17.5. The van der Waals surface area contributed by atoms with Gasteiger partial charge in [-0.1, -0.05) is 11.6 Å². The van der Waals surface area contributed by atoms with Crippen LogP contribution in [0.15, 0.2) is 23.1 Å². The van der Waals surface area contributed by atoms with Gasteiger partial charge in [-0.25, -0.2) is 8.42 Å². The molecule has 0 atom stereocenters. The number of benzene rings is 1. The number of amides is 1. The van der Waals surface area contributed by atoms with Crippen molar-refractivity contribution in [3.05, 3.63) is 23.2 Å². The van der Waals surface area contributed by atoms with Crippen molar-refractivity contribution < 1.29 is 13.2 Å². The second-order valence-electron chi connectivity index (χ2n) is 3.87. The average molecular weight is 290 g/mol. The Morgan fingerprint density at radius 3 is 2.72 bits per heavy atom. The van der Waals surface area contributed by atoms with Gasteiger partial charge in [-0.15, -0.1) is 0 Å². The van der Waals surface area contributed by atoms with Crippen LogP contribution in [0.25, 0.3) is 0 Å². The summed E-state index contributed by atoms with van der Waals surface area (Å²) in [5.41, 5.74) is 5.74. The summed E-state index contributed by atoms with van der Waals surface area (Å²) < 4.78 is 25.7. The Labute approximate surface area is 110 Å². The van der Waals surface area contributed by atoms with Crippen molar-refractivity contribution in [3.63, 3.8) is 0 Å². The van der Waals surface area contributed by atoms with E-state index in [-0.39, 0.29) is 29.6 Å². The van der Waals surface area contributed by atoms with Crippen LogP contribution in [-0.2, 0) is 14.8 Å². The summed E-state index contributed by atoms with van der Waals surface area (Å²) in [6, 6.07) is 4.17. The molecule has 1 fully saturated rings. The van der Waals surface area contributed by atoms with Crippen LogP contribution in [0.5, 0.6) is 0 Å². The number of piperazine rings is 1. The fourth-order valence-corrected chi connectivity index (χ4v) is 3.39. The maximum absolute atomic E-state index is 12.3. The van der Waals surface area contributed by atoms with E-state index in [4.69, 9.17) is 17.3 Å². The van der Waals surface area contributed by atoms with Crippen LogP contribution in [0.1, 0.15) is 0 Å². The molecule has 1 amide bonds. The third kappa shape index (κ3) is 2.43. The molecule has 1 heterocycles. The van der Waals surface area contributed by atoms with Gasteiger partial charge < -0.3 is 11.1 Å². The summed E-state index contributed by atoms with van der Waals surface area (Å²) in [6.45, 7) is 0.339. The van der Waals surface area contributed by atoms with Gasteiger partial charge in [0.1, 0.15) is 4.90 Å². The Balaban J connectivity index is 2.38. The van der Waals surface area contributed by atoms with Crippen LogP contribution in [0.3, 0.4) is 0 Å². The lowest BCUT2D eigenvalue weighted by molar-refractivity contribution is -0.122. The van der Waals surface area contributed by atoms with Crippen molar-refractivity contribution in [2.45, 2.75) is 4.90 Å². The number of anilines is 1. The molecule has 98 valence electrons. The number of hydrogen-bond acceptors (Lipinski definition) is 4. The van der Waals surface area contributed by atoms with E-state index in [1.165, 1.54) is 18.2 Å². The standard InChI is InChI=1S/C10H12ClN3O3S/c11-7-1-2-9(8(12)5-7)18(16,17)14-4-3-13-10(15)6-14/h1-2,5H,3-4,6,12H2,(H,13,15). The van der Waals surface area contributed by atoms with Crippen LogP contribution in [0, 0.1) is 0 Å². The van der Waals surface area contributed by atoms with E-state index in [1.807, 2.05) is 0 Å². The van der Waals surface area contributed by atoms with Gasteiger partial charge in [0.25, 0.3) is 0 Å². The molecule has 1 saturated heterocycles. The number of sulfonamides is 1. The predicted molar refractivity (Wildman–Crippen MR) is 67.6 cm³/mol. The smallest absolute Gasteiger partial charge is 0.245 e. The molecule has 0 radical (unpaired) electrons. The number of nitrogens with two attached hydrogens (primary N) is 1. The van der Waals surface area contributed by atoms with Gasteiger partial charge in [-0.3, -0.25) is 4.79 Å². The summed E-state index contributed by atoms with van der Waals surface area (Å²) >= 11 is 5.72. The van der Waals surface area contributed by atoms with Crippen LogP contribution < -0.4 is 11.1 Å². The molecule has 1 aromatic carbocycles. The molecule has 1 aliphatic rings. The van der Waals surface area contributed by atoms with Crippen LogP contribution >= 0.6 is 11.6 Å². The zero-order chi connectivity index (χ0) is 13.3. The van der Waals surface area contributed by atoms with Gasteiger partial charge in [0, 0.05) is 18.1 Å². The average Bonchev–Trinajstić information content (AvgIpc) is 2.28. The highest BCUT2D eigenvalue weighted by molar-refractivity contribution is 7.89. The van der Waals surface area contributed by atoms with E-state index in [0.29, 0.717) is 11.6 Å². The highest BCUT2D eigenvalue weighted by Crippen LogP contribution is 2.25. The number of nitrogen functional groups attached to an aromatic ring is 1. The molecule has 6 nitrogen and oxygen atoms in total. The molecule has 0 aromatic heterocycles. The summed E-state index contributed by atoms with van der Waals surface area (Å²) in [4.78, 5) is 11.2. The fraction of sp³-hybridized carbons (Fsp3) is 0.300. The van der Waals surface area contributed by atoms with Crippen molar-refractivity contribution in [1.29, 1.82) is 0 Å². The Kier molecular flexibility index (Phi) is 3.47. The number of hydrogen-bond donors (Lipinski definition) is 2. The highest BCUT2D eigenvalue weighted by Gasteiger charge is 2.30. The van der Waals surface area contributed by atoms with Crippen molar-refractivity contribution in [2.24, 2.45) is 0 Å². The minimum Gasteiger partial charge on any atom is -0.398 e. The molecular weight excluding hydrogens is 278 g/mol. The second kappa shape index (κ2) is 4.75. The molecule has 8 heteroatoms. The number of carbonyl (C=O) groups is 1. The molecule has 2 rings (SSSR count). The van der Waals surface area contributed by atoms with Crippen molar-refractivity contribution in [1.82, 2.24) is 9.62 Å². The number of carbonyl (C=O) groups excluding carboxylic acids is 1. The molecule has 1 aliphatic heterocycles. The largest absolute Gasteiger partial charge is 0.398 e. The minimum absolute atomic E-state index is 0.0263. The first-order valence-electron chi connectivity index (χ1n) is 5.23. The summed E-state index contributed by atoms with van der Waals surface area (Å²) in [5, 5.41) is 2.93. The highest BCUT2D eigenvalue weighted by atomic mass is 35.5. The molecule has 0 aliphatic carbocycles. The molecular formula is C10H12ClN3O3S. The third-order valence-electron chi connectivity index (χ3n) is 2.59. The number of halogens is 1. The molecule has 0 spiro atoms. The van der Waals surface area contributed by atoms with Crippen LogP contribution in [-0.4, -0.2) is 38.3 Å².